The van der Waals surface area contributed by atoms with E-state index in [0.29, 0.717) is 17.7 Å². The van der Waals surface area contributed by atoms with Crippen LogP contribution in [0.3, 0.4) is 0 Å². The van der Waals surface area contributed by atoms with Crippen LogP contribution >= 0.6 is 0 Å². The molecule has 3 aliphatic carbocycles. The minimum atomic E-state index is -3.70. The molecule has 0 heterocycles. The largest absolute Gasteiger partial charge is 0.298 e. The number of allylic oxidation sites excluding steroid dienone is 2. The van der Waals surface area contributed by atoms with Crippen molar-refractivity contribution in [2.24, 2.45) is 17.3 Å². The van der Waals surface area contributed by atoms with Crippen molar-refractivity contribution < 1.29 is 13.2 Å². The Morgan fingerprint density at radius 3 is 2.38 bits per heavy atom. The molecule has 0 spiro atoms. The molecule has 128 valence electrons. The Morgan fingerprint density at radius 1 is 1.12 bits per heavy atom. The first-order valence-electron chi connectivity index (χ1n) is 8.70. The highest BCUT2D eigenvalue weighted by atomic mass is 32.2. The fourth-order valence-electron chi connectivity index (χ4n) is 5.75. The van der Waals surface area contributed by atoms with E-state index in [1.165, 1.54) is 0 Å². The van der Waals surface area contributed by atoms with E-state index >= 15 is 0 Å². The van der Waals surface area contributed by atoms with Gasteiger partial charge >= 0.3 is 0 Å². The van der Waals surface area contributed by atoms with Crippen LogP contribution in [0.25, 0.3) is 0 Å². The molecule has 0 N–H and O–H groups in total. The summed E-state index contributed by atoms with van der Waals surface area (Å²) in [7, 11) is -3.70. The van der Waals surface area contributed by atoms with E-state index in [1.54, 1.807) is 0 Å². The van der Waals surface area contributed by atoms with E-state index in [0.717, 1.165) is 23.1 Å². The molecule has 3 nitrogen and oxygen atoms in total. The zero-order valence-electron chi connectivity index (χ0n) is 14.7. The molecule has 2 saturated carbocycles. The minimum Gasteiger partial charge on any atom is -0.298 e. The first-order chi connectivity index (χ1) is 11.2. The van der Waals surface area contributed by atoms with Crippen LogP contribution in [0.2, 0.25) is 0 Å². The third-order valence-corrected chi connectivity index (χ3v) is 9.40. The Balaban J connectivity index is 1.94. The quantitative estimate of drug-likeness (QED) is 0.769. The van der Waals surface area contributed by atoms with Crippen molar-refractivity contribution in [2.45, 2.75) is 56.6 Å². The van der Waals surface area contributed by atoms with Crippen LogP contribution in [0.15, 0.2) is 29.2 Å². The smallest absolute Gasteiger partial charge is 0.192 e. The lowest BCUT2D eigenvalue weighted by atomic mass is 9.73. The number of sulfone groups is 1. The van der Waals surface area contributed by atoms with Crippen molar-refractivity contribution in [1.82, 2.24) is 0 Å². The molecule has 3 aliphatic rings. The summed E-state index contributed by atoms with van der Waals surface area (Å²) >= 11 is 0. The summed E-state index contributed by atoms with van der Waals surface area (Å²) in [5.74, 6) is -0.160. The Morgan fingerprint density at radius 2 is 1.75 bits per heavy atom. The molecule has 4 atom stereocenters. The van der Waals surface area contributed by atoms with Crippen molar-refractivity contribution in [3.63, 3.8) is 0 Å². The first-order valence-corrected chi connectivity index (χ1v) is 10.2. The van der Waals surface area contributed by atoms with Crippen LogP contribution in [0.4, 0.5) is 0 Å². The maximum atomic E-state index is 13.8. The molecule has 1 aromatic carbocycles. The molecule has 0 saturated heterocycles. The molecule has 0 amide bonds. The van der Waals surface area contributed by atoms with Crippen molar-refractivity contribution in [3.8, 4) is 0 Å². The van der Waals surface area contributed by atoms with Crippen LogP contribution < -0.4 is 0 Å². The molecule has 0 aromatic heterocycles. The summed E-state index contributed by atoms with van der Waals surface area (Å²) in [5, 5.41) is 0. The second-order valence-corrected chi connectivity index (χ2v) is 10.3. The summed E-state index contributed by atoms with van der Waals surface area (Å²) in [6, 6.07) is 3.82. The van der Waals surface area contributed by atoms with E-state index in [1.807, 2.05) is 32.9 Å². The number of aryl methyl sites for hydroxylation is 3. The molecule has 0 unspecified atom stereocenters. The maximum absolute atomic E-state index is 13.8. The number of fused-ring (bicyclic) bond motifs is 1. The molecular weight excluding hydrogens is 320 g/mol. The molecule has 0 radical (unpaired) electrons. The van der Waals surface area contributed by atoms with Gasteiger partial charge in [-0.25, -0.2) is 8.42 Å². The molecule has 24 heavy (non-hydrogen) atoms. The molecular formula is C20H24O3S. The number of hydrogen-bond acceptors (Lipinski definition) is 3. The predicted molar refractivity (Wildman–Crippen MR) is 93.7 cm³/mol. The second kappa shape index (κ2) is 4.60. The van der Waals surface area contributed by atoms with Gasteiger partial charge in [-0.15, -0.1) is 0 Å². The van der Waals surface area contributed by atoms with Crippen molar-refractivity contribution in [2.75, 3.05) is 0 Å². The third-order valence-electron chi connectivity index (χ3n) is 6.55. The maximum Gasteiger partial charge on any atom is 0.192 e. The van der Waals surface area contributed by atoms with Gasteiger partial charge in [0.2, 0.25) is 0 Å². The number of rotatable bonds is 2. The highest BCUT2D eigenvalue weighted by Gasteiger charge is 2.81. The molecule has 4 rings (SSSR count). The fourth-order valence-corrected chi connectivity index (χ4v) is 8.79. The van der Waals surface area contributed by atoms with Gasteiger partial charge in [-0.1, -0.05) is 36.8 Å². The van der Waals surface area contributed by atoms with Gasteiger partial charge in [0.1, 0.15) is 4.75 Å². The van der Waals surface area contributed by atoms with Gasteiger partial charge in [0, 0.05) is 12.3 Å². The lowest BCUT2D eigenvalue weighted by molar-refractivity contribution is -0.121. The van der Waals surface area contributed by atoms with Gasteiger partial charge in [0.05, 0.1) is 4.90 Å². The van der Waals surface area contributed by atoms with Crippen LogP contribution in [0.5, 0.6) is 0 Å². The monoisotopic (exact) mass is 344 g/mol. The van der Waals surface area contributed by atoms with Gasteiger partial charge in [-0.05, 0) is 56.1 Å². The summed E-state index contributed by atoms with van der Waals surface area (Å²) < 4.78 is 26.3. The molecule has 0 aliphatic heterocycles. The van der Waals surface area contributed by atoms with E-state index < -0.39 is 14.6 Å². The van der Waals surface area contributed by atoms with E-state index in [-0.39, 0.29) is 23.0 Å². The normalized spacial score (nSPS) is 37.2. The number of ketones is 1. The Bertz CT molecular complexity index is 872. The van der Waals surface area contributed by atoms with Gasteiger partial charge in [0.25, 0.3) is 0 Å². The highest BCUT2D eigenvalue weighted by molar-refractivity contribution is 7.94. The highest BCUT2D eigenvalue weighted by Crippen LogP contribution is 2.72. The first kappa shape index (κ1) is 16.1. The van der Waals surface area contributed by atoms with Gasteiger partial charge in [-0.2, -0.15) is 0 Å². The Kier molecular flexibility index (Phi) is 3.08. The van der Waals surface area contributed by atoms with Crippen molar-refractivity contribution in [1.29, 1.82) is 0 Å². The number of carbonyl (C=O) groups is 1. The SMILES string of the molecule is Cc1cc(C)c(S(=O)(=O)[C@]23C(=O)CC[C@]4(C)C=CC[C@H]2[C@H]34)c(C)c1. The molecule has 0 bridgehead atoms. The predicted octanol–water partition coefficient (Wildman–Crippen LogP) is 3.70. The van der Waals surface area contributed by atoms with Crippen molar-refractivity contribution >= 4 is 15.6 Å². The van der Waals surface area contributed by atoms with E-state index in [9.17, 15) is 13.2 Å². The van der Waals surface area contributed by atoms with E-state index in [2.05, 4.69) is 19.1 Å². The van der Waals surface area contributed by atoms with Gasteiger partial charge in [0.15, 0.2) is 15.6 Å². The fraction of sp³-hybridized carbons (Fsp3) is 0.550. The van der Waals surface area contributed by atoms with Crippen LogP contribution in [0, 0.1) is 38.0 Å². The summed E-state index contributed by atoms with van der Waals surface area (Å²) in [4.78, 5) is 13.3. The topological polar surface area (TPSA) is 51.2 Å². The summed E-state index contributed by atoms with van der Waals surface area (Å²) in [6.07, 6.45) is 6.09. The average Bonchev–Trinajstić information content (AvgIpc) is 3.16. The van der Waals surface area contributed by atoms with Crippen LogP contribution in [-0.4, -0.2) is 18.9 Å². The van der Waals surface area contributed by atoms with Gasteiger partial charge in [-0.3, -0.25) is 4.79 Å². The standard InChI is InChI=1S/C20H24O3S/c1-12-10-13(2)17(14(3)11-12)24(22,23)20-15-6-5-8-19(4,18(15)20)9-7-16(20)21/h5,8,10-11,15,18H,6-7,9H2,1-4H3/t15-,18-,19-,20-/m0/s1. The second-order valence-electron chi connectivity index (χ2n) is 8.18. The Labute approximate surface area is 144 Å². The molecule has 1 aromatic rings. The number of hydrogen-bond donors (Lipinski definition) is 0. The zero-order chi connectivity index (χ0) is 17.5. The summed E-state index contributed by atoms with van der Waals surface area (Å²) in [6.45, 7) is 7.79. The van der Waals surface area contributed by atoms with Crippen molar-refractivity contribution in [3.05, 3.63) is 41.0 Å². The van der Waals surface area contributed by atoms with Crippen LogP contribution in [-0.2, 0) is 14.6 Å². The summed E-state index contributed by atoms with van der Waals surface area (Å²) in [5.41, 5.74) is 2.42. The van der Waals surface area contributed by atoms with E-state index in [4.69, 9.17) is 0 Å². The zero-order valence-corrected chi connectivity index (χ0v) is 15.5. The number of carbonyl (C=O) groups excluding carboxylic acids is 1. The molecule has 2 fully saturated rings. The van der Waals surface area contributed by atoms with Crippen LogP contribution in [0.1, 0.15) is 42.9 Å². The molecule has 4 heteroatoms. The number of Topliss-reactive ketones (excluding diaryl/α,β-unsaturated/α-hetero) is 1. The lowest BCUT2D eigenvalue weighted by Crippen LogP contribution is -2.43. The average molecular weight is 344 g/mol. The lowest BCUT2D eigenvalue weighted by Gasteiger charge is -2.34. The Hall–Kier alpha value is -1.42. The minimum absolute atomic E-state index is 0.0485. The van der Waals surface area contributed by atoms with Gasteiger partial charge < -0.3 is 0 Å². The third kappa shape index (κ3) is 1.68. The number of benzene rings is 1.